The molecule has 3 rings (SSSR count). The molecule has 8 nitrogen and oxygen atoms in total. The molecule has 212 valence electrons. The van der Waals surface area contributed by atoms with E-state index < -0.39 is 12.2 Å². The number of aryl methyl sites for hydroxylation is 2. The molecule has 0 spiro atoms. The predicted octanol–water partition coefficient (Wildman–Crippen LogP) is 4.50. The van der Waals surface area contributed by atoms with Crippen LogP contribution in [0, 0.1) is 5.92 Å². The first-order valence-electron chi connectivity index (χ1n) is 13.7. The summed E-state index contributed by atoms with van der Waals surface area (Å²) < 4.78 is 16.5. The lowest BCUT2D eigenvalue weighted by molar-refractivity contribution is 0.0713. The van der Waals surface area contributed by atoms with Crippen molar-refractivity contribution in [3.63, 3.8) is 0 Å². The number of aliphatic hydroxyl groups is 3. The van der Waals surface area contributed by atoms with E-state index in [1.807, 2.05) is 12.1 Å². The van der Waals surface area contributed by atoms with E-state index in [-0.39, 0.29) is 30.6 Å². The number of aromatic hydroxyl groups is 2. The first-order valence-corrected chi connectivity index (χ1v) is 13.7. The van der Waals surface area contributed by atoms with Gasteiger partial charge in [-0.15, -0.1) is 0 Å². The molecule has 2 aromatic carbocycles. The van der Waals surface area contributed by atoms with Crippen molar-refractivity contribution in [3.05, 3.63) is 41.5 Å². The van der Waals surface area contributed by atoms with E-state index in [0.29, 0.717) is 48.8 Å². The smallest absolute Gasteiger partial charge is 0.200 e. The zero-order chi connectivity index (χ0) is 27.5. The van der Waals surface area contributed by atoms with Gasteiger partial charge in [-0.05, 0) is 106 Å². The first-order chi connectivity index (χ1) is 18.3. The third-order valence-corrected chi connectivity index (χ3v) is 7.44. The van der Waals surface area contributed by atoms with E-state index in [4.69, 9.17) is 19.3 Å². The Balaban J connectivity index is 1.46. The highest BCUT2D eigenvalue weighted by atomic mass is 16.5. The van der Waals surface area contributed by atoms with Gasteiger partial charge >= 0.3 is 0 Å². The van der Waals surface area contributed by atoms with E-state index in [1.54, 1.807) is 18.2 Å². The standard InChI is InChI=1S/C30H44O8/c1-36-28-17-22(18-29(37-2)30(28)35)9-12-24(33)19-23(32)11-8-21-10-13-26(34)27(16-21)38-25-7-3-5-20(15-25)6-4-14-31/h10,13,16-18,20,23-25,31-35H,3-9,11-12,14-15,19H2,1-2H3. The maximum atomic E-state index is 10.5. The molecular weight excluding hydrogens is 488 g/mol. The second-order valence-electron chi connectivity index (χ2n) is 10.4. The molecule has 0 radical (unpaired) electrons. The molecule has 38 heavy (non-hydrogen) atoms. The summed E-state index contributed by atoms with van der Waals surface area (Å²) in [5.41, 5.74) is 1.82. The van der Waals surface area contributed by atoms with E-state index in [0.717, 1.165) is 49.7 Å². The van der Waals surface area contributed by atoms with E-state index in [1.165, 1.54) is 14.2 Å². The van der Waals surface area contributed by atoms with E-state index in [9.17, 15) is 20.4 Å². The number of rotatable bonds is 15. The molecule has 0 bridgehead atoms. The second-order valence-corrected chi connectivity index (χ2v) is 10.4. The first kappa shape index (κ1) is 29.9. The minimum Gasteiger partial charge on any atom is -0.504 e. The Bertz CT molecular complexity index is 969. The van der Waals surface area contributed by atoms with Crippen molar-refractivity contribution in [2.75, 3.05) is 20.8 Å². The van der Waals surface area contributed by atoms with Crippen molar-refractivity contribution < 1.29 is 39.7 Å². The molecule has 4 atom stereocenters. The molecule has 0 heterocycles. The number of phenols is 2. The maximum absolute atomic E-state index is 10.5. The number of benzene rings is 2. The highest BCUT2D eigenvalue weighted by Gasteiger charge is 2.24. The second kappa shape index (κ2) is 15.0. The number of hydrogen-bond donors (Lipinski definition) is 5. The quantitative estimate of drug-likeness (QED) is 0.227. The van der Waals surface area contributed by atoms with Crippen molar-refractivity contribution in [1.82, 2.24) is 0 Å². The average Bonchev–Trinajstić information content (AvgIpc) is 2.92. The summed E-state index contributed by atoms with van der Waals surface area (Å²) in [4.78, 5) is 0. The normalized spacial score (nSPS) is 19.1. The number of phenolic OH excluding ortho intramolecular Hbond substituents is 2. The Hall–Kier alpha value is -2.68. The molecule has 1 aliphatic rings. The van der Waals surface area contributed by atoms with Gasteiger partial charge in [-0.1, -0.05) is 12.5 Å². The third-order valence-electron chi connectivity index (χ3n) is 7.44. The van der Waals surface area contributed by atoms with Gasteiger partial charge in [0, 0.05) is 6.61 Å². The van der Waals surface area contributed by atoms with E-state index >= 15 is 0 Å². The van der Waals surface area contributed by atoms with Crippen LogP contribution in [0.3, 0.4) is 0 Å². The molecular formula is C30H44O8. The summed E-state index contributed by atoms with van der Waals surface area (Å²) >= 11 is 0. The summed E-state index contributed by atoms with van der Waals surface area (Å²) in [7, 11) is 2.94. The zero-order valence-corrected chi connectivity index (χ0v) is 22.6. The van der Waals surface area contributed by atoms with Gasteiger partial charge < -0.3 is 39.7 Å². The van der Waals surface area contributed by atoms with Crippen LogP contribution >= 0.6 is 0 Å². The number of methoxy groups -OCH3 is 2. The van der Waals surface area contributed by atoms with Crippen LogP contribution < -0.4 is 14.2 Å². The summed E-state index contributed by atoms with van der Waals surface area (Å²) in [5.74, 6) is 1.71. The lowest BCUT2D eigenvalue weighted by atomic mass is 9.84. The topological polar surface area (TPSA) is 129 Å². The SMILES string of the molecule is COc1cc(CCC(O)CC(O)CCc2ccc(O)c(OC3CCCC(CCCO)C3)c2)cc(OC)c1O. The molecule has 0 saturated heterocycles. The van der Waals surface area contributed by atoms with Crippen LogP contribution in [-0.4, -0.2) is 64.7 Å². The summed E-state index contributed by atoms with van der Waals surface area (Å²) in [5, 5.41) is 50.5. The lowest BCUT2D eigenvalue weighted by Crippen LogP contribution is -2.25. The Kier molecular flexibility index (Phi) is 11.8. The Morgan fingerprint density at radius 1 is 0.868 bits per heavy atom. The van der Waals surface area contributed by atoms with Gasteiger partial charge in [-0.25, -0.2) is 0 Å². The van der Waals surface area contributed by atoms with Crippen LogP contribution in [0.1, 0.15) is 68.9 Å². The van der Waals surface area contributed by atoms with Crippen LogP contribution in [-0.2, 0) is 12.8 Å². The minimum absolute atomic E-state index is 0.0570. The van der Waals surface area contributed by atoms with Crippen molar-refractivity contribution in [2.45, 2.75) is 88.9 Å². The molecule has 1 aliphatic carbocycles. The number of aliphatic hydroxyl groups excluding tert-OH is 3. The van der Waals surface area contributed by atoms with Crippen molar-refractivity contribution in [1.29, 1.82) is 0 Å². The molecule has 1 fully saturated rings. The highest BCUT2D eigenvalue weighted by molar-refractivity contribution is 5.52. The van der Waals surface area contributed by atoms with Crippen LogP contribution in [0.25, 0.3) is 0 Å². The highest BCUT2D eigenvalue weighted by Crippen LogP contribution is 2.38. The summed E-state index contributed by atoms with van der Waals surface area (Å²) in [6.45, 7) is 0.219. The van der Waals surface area contributed by atoms with Gasteiger partial charge in [-0.3, -0.25) is 0 Å². The molecule has 8 heteroatoms. The fraction of sp³-hybridized carbons (Fsp3) is 0.600. The Morgan fingerprint density at radius 2 is 1.50 bits per heavy atom. The third kappa shape index (κ3) is 8.96. The van der Waals surface area contributed by atoms with Crippen LogP contribution in [0.4, 0.5) is 0 Å². The minimum atomic E-state index is -0.681. The zero-order valence-electron chi connectivity index (χ0n) is 22.6. The average molecular weight is 533 g/mol. The predicted molar refractivity (Wildman–Crippen MR) is 145 cm³/mol. The van der Waals surface area contributed by atoms with Gasteiger partial charge in [0.25, 0.3) is 0 Å². The van der Waals surface area contributed by atoms with Crippen molar-refractivity contribution in [3.8, 4) is 28.7 Å². The summed E-state index contributed by atoms with van der Waals surface area (Å²) in [6, 6.07) is 8.75. The lowest BCUT2D eigenvalue weighted by Gasteiger charge is -2.30. The largest absolute Gasteiger partial charge is 0.504 e. The van der Waals surface area contributed by atoms with Gasteiger partial charge in [-0.2, -0.15) is 0 Å². The maximum Gasteiger partial charge on any atom is 0.200 e. The van der Waals surface area contributed by atoms with Gasteiger partial charge in [0.1, 0.15) is 0 Å². The van der Waals surface area contributed by atoms with Crippen LogP contribution in [0.15, 0.2) is 30.3 Å². The summed E-state index contributed by atoms with van der Waals surface area (Å²) in [6.07, 6.45) is 6.99. The molecule has 5 N–H and O–H groups in total. The molecule has 0 aromatic heterocycles. The number of ether oxygens (including phenoxy) is 3. The molecule has 4 unspecified atom stereocenters. The molecule has 2 aromatic rings. The number of hydrogen-bond acceptors (Lipinski definition) is 8. The fourth-order valence-electron chi connectivity index (χ4n) is 5.29. The molecule has 0 aliphatic heterocycles. The van der Waals surface area contributed by atoms with Gasteiger partial charge in [0.05, 0.1) is 32.5 Å². The van der Waals surface area contributed by atoms with Crippen molar-refractivity contribution in [2.24, 2.45) is 5.92 Å². The van der Waals surface area contributed by atoms with Gasteiger partial charge in [0.2, 0.25) is 5.75 Å². The molecule has 0 amide bonds. The van der Waals surface area contributed by atoms with Gasteiger partial charge in [0.15, 0.2) is 23.0 Å². The molecule has 1 saturated carbocycles. The Labute approximate surface area is 225 Å². The van der Waals surface area contributed by atoms with E-state index in [2.05, 4.69) is 0 Å². The van der Waals surface area contributed by atoms with Crippen LogP contribution in [0.5, 0.6) is 28.7 Å². The monoisotopic (exact) mass is 532 g/mol. The van der Waals surface area contributed by atoms with Crippen LogP contribution in [0.2, 0.25) is 0 Å². The van der Waals surface area contributed by atoms with Crippen molar-refractivity contribution >= 4 is 0 Å². The fourth-order valence-corrected chi connectivity index (χ4v) is 5.29. The Morgan fingerprint density at radius 3 is 2.13 bits per heavy atom.